The zero-order valence-electron chi connectivity index (χ0n) is 11.9. The number of likely N-dealkylation sites (tertiary alicyclic amines) is 2. The highest BCUT2D eigenvalue weighted by molar-refractivity contribution is 5.79. The maximum atomic E-state index is 11.9. The lowest BCUT2D eigenvalue weighted by atomic mass is 10.0. The molecule has 1 N–H and O–H groups in total. The number of carbonyl (C=O) groups is 1. The van der Waals surface area contributed by atoms with Crippen LogP contribution in [0.3, 0.4) is 0 Å². The minimum atomic E-state index is 0.137. The van der Waals surface area contributed by atoms with Crippen LogP contribution in [-0.2, 0) is 9.53 Å². The maximum Gasteiger partial charge on any atom is 0.223 e. The van der Waals surface area contributed by atoms with Crippen molar-refractivity contribution < 1.29 is 14.6 Å². The van der Waals surface area contributed by atoms with E-state index in [1.807, 2.05) is 4.90 Å². The van der Waals surface area contributed by atoms with E-state index in [0.29, 0.717) is 12.5 Å². The van der Waals surface area contributed by atoms with Crippen molar-refractivity contribution in [3.05, 3.63) is 0 Å². The minimum absolute atomic E-state index is 0.137. The average Bonchev–Trinajstić information content (AvgIpc) is 2.81. The third-order valence-electron chi connectivity index (χ3n) is 4.32. The SMILES string of the molecule is COCCCN1CCC(N2CC(CO)CC2=O)CC1. The zero-order valence-corrected chi connectivity index (χ0v) is 11.9. The molecule has 0 radical (unpaired) electrons. The lowest BCUT2D eigenvalue weighted by Crippen LogP contribution is -2.45. The second kappa shape index (κ2) is 7.22. The van der Waals surface area contributed by atoms with Gasteiger partial charge in [-0.2, -0.15) is 0 Å². The van der Waals surface area contributed by atoms with Crippen molar-refractivity contribution >= 4 is 5.91 Å². The minimum Gasteiger partial charge on any atom is -0.396 e. The molecule has 0 bridgehead atoms. The van der Waals surface area contributed by atoms with Crippen LogP contribution in [0.25, 0.3) is 0 Å². The highest BCUT2D eigenvalue weighted by Gasteiger charge is 2.35. The number of ether oxygens (including phenoxy) is 1. The Hall–Kier alpha value is -0.650. The highest BCUT2D eigenvalue weighted by atomic mass is 16.5. The molecule has 19 heavy (non-hydrogen) atoms. The Morgan fingerprint density at radius 2 is 2.11 bits per heavy atom. The monoisotopic (exact) mass is 270 g/mol. The molecule has 2 saturated heterocycles. The smallest absolute Gasteiger partial charge is 0.223 e. The average molecular weight is 270 g/mol. The fourth-order valence-corrected chi connectivity index (χ4v) is 3.17. The molecular formula is C14H26N2O3. The van der Waals surface area contributed by atoms with E-state index in [4.69, 9.17) is 9.84 Å². The molecule has 0 saturated carbocycles. The molecule has 1 unspecified atom stereocenters. The molecule has 0 spiro atoms. The molecule has 2 rings (SSSR count). The quantitative estimate of drug-likeness (QED) is 0.707. The van der Waals surface area contributed by atoms with Crippen molar-refractivity contribution in [2.45, 2.75) is 31.7 Å². The fraction of sp³-hybridized carbons (Fsp3) is 0.929. The number of piperidine rings is 1. The Balaban J connectivity index is 1.72. The van der Waals surface area contributed by atoms with E-state index >= 15 is 0 Å². The molecule has 2 heterocycles. The standard InChI is InChI=1S/C14H26N2O3/c1-19-8-2-5-15-6-3-13(4-7-15)16-10-12(11-17)9-14(16)18/h12-13,17H,2-11H2,1H3. The molecule has 0 aromatic heterocycles. The molecule has 1 amide bonds. The van der Waals surface area contributed by atoms with Crippen LogP contribution >= 0.6 is 0 Å². The van der Waals surface area contributed by atoms with E-state index in [-0.39, 0.29) is 18.4 Å². The van der Waals surface area contributed by atoms with E-state index in [1.165, 1.54) is 0 Å². The number of carbonyl (C=O) groups excluding carboxylic acids is 1. The predicted octanol–water partition coefficient (Wildman–Crippen LogP) is 0.328. The van der Waals surface area contributed by atoms with Crippen molar-refractivity contribution in [1.82, 2.24) is 9.80 Å². The summed E-state index contributed by atoms with van der Waals surface area (Å²) in [5.74, 6) is 0.393. The normalized spacial score (nSPS) is 26.3. The number of amides is 1. The van der Waals surface area contributed by atoms with Gasteiger partial charge < -0.3 is 19.6 Å². The van der Waals surface area contributed by atoms with Crippen LogP contribution in [-0.4, -0.2) is 73.4 Å². The second-order valence-electron chi connectivity index (χ2n) is 5.72. The van der Waals surface area contributed by atoms with Gasteiger partial charge in [-0.15, -0.1) is 0 Å². The molecule has 2 aliphatic heterocycles. The van der Waals surface area contributed by atoms with E-state index in [2.05, 4.69) is 4.90 Å². The second-order valence-corrected chi connectivity index (χ2v) is 5.72. The van der Waals surface area contributed by atoms with Gasteiger partial charge in [0.25, 0.3) is 0 Å². The lowest BCUT2D eigenvalue weighted by Gasteiger charge is -2.36. The molecule has 0 aliphatic carbocycles. The molecule has 1 atom stereocenters. The van der Waals surface area contributed by atoms with E-state index in [9.17, 15) is 4.79 Å². The summed E-state index contributed by atoms with van der Waals surface area (Å²) in [6.07, 6.45) is 3.74. The molecule has 110 valence electrons. The zero-order chi connectivity index (χ0) is 13.7. The van der Waals surface area contributed by atoms with E-state index < -0.39 is 0 Å². The lowest BCUT2D eigenvalue weighted by molar-refractivity contribution is -0.130. The first-order valence-electron chi connectivity index (χ1n) is 7.36. The van der Waals surface area contributed by atoms with Crippen molar-refractivity contribution in [1.29, 1.82) is 0 Å². The summed E-state index contributed by atoms with van der Waals surface area (Å²) in [5, 5.41) is 9.16. The van der Waals surface area contributed by atoms with Gasteiger partial charge in [0.2, 0.25) is 5.91 Å². The summed E-state index contributed by atoms with van der Waals surface area (Å²) >= 11 is 0. The van der Waals surface area contributed by atoms with Crippen LogP contribution in [0.15, 0.2) is 0 Å². The number of hydrogen-bond donors (Lipinski definition) is 1. The van der Waals surface area contributed by atoms with Gasteiger partial charge in [-0.3, -0.25) is 4.79 Å². The number of methoxy groups -OCH3 is 1. The molecular weight excluding hydrogens is 244 g/mol. The van der Waals surface area contributed by atoms with Gasteiger partial charge in [-0.1, -0.05) is 0 Å². The van der Waals surface area contributed by atoms with Gasteiger partial charge in [0, 0.05) is 64.9 Å². The highest BCUT2D eigenvalue weighted by Crippen LogP contribution is 2.25. The third-order valence-corrected chi connectivity index (χ3v) is 4.32. The Labute approximate surface area is 115 Å². The summed E-state index contributed by atoms with van der Waals surface area (Å²) in [4.78, 5) is 16.4. The summed E-state index contributed by atoms with van der Waals surface area (Å²) in [7, 11) is 1.74. The van der Waals surface area contributed by atoms with Gasteiger partial charge >= 0.3 is 0 Å². The molecule has 0 aromatic carbocycles. The van der Waals surface area contributed by atoms with Crippen molar-refractivity contribution in [3.8, 4) is 0 Å². The summed E-state index contributed by atoms with van der Waals surface area (Å²) in [6.45, 7) is 4.95. The summed E-state index contributed by atoms with van der Waals surface area (Å²) in [5.41, 5.74) is 0. The third kappa shape index (κ3) is 3.91. The Bertz CT molecular complexity index is 290. The molecule has 5 heteroatoms. The summed E-state index contributed by atoms with van der Waals surface area (Å²) in [6, 6.07) is 0.391. The number of aliphatic hydroxyl groups excluding tert-OH is 1. The van der Waals surface area contributed by atoms with Gasteiger partial charge in [0.15, 0.2) is 0 Å². The van der Waals surface area contributed by atoms with Crippen LogP contribution in [0.5, 0.6) is 0 Å². The van der Waals surface area contributed by atoms with Crippen LogP contribution in [0, 0.1) is 5.92 Å². The maximum absolute atomic E-state index is 11.9. The first-order valence-corrected chi connectivity index (χ1v) is 7.36. The summed E-state index contributed by atoms with van der Waals surface area (Å²) < 4.78 is 5.07. The number of hydrogen-bond acceptors (Lipinski definition) is 4. The fourth-order valence-electron chi connectivity index (χ4n) is 3.17. The van der Waals surface area contributed by atoms with Crippen molar-refractivity contribution in [2.24, 2.45) is 5.92 Å². The van der Waals surface area contributed by atoms with Gasteiger partial charge in [0.1, 0.15) is 0 Å². The van der Waals surface area contributed by atoms with E-state index in [0.717, 1.165) is 52.0 Å². The largest absolute Gasteiger partial charge is 0.396 e. The van der Waals surface area contributed by atoms with Crippen LogP contribution in [0.2, 0.25) is 0 Å². The van der Waals surface area contributed by atoms with Gasteiger partial charge in [-0.05, 0) is 19.3 Å². The first kappa shape index (κ1) is 14.8. The van der Waals surface area contributed by atoms with Crippen LogP contribution in [0.1, 0.15) is 25.7 Å². The first-order chi connectivity index (χ1) is 9.24. The van der Waals surface area contributed by atoms with E-state index in [1.54, 1.807) is 7.11 Å². The molecule has 0 aromatic rings. The molecule has 2 aliphatic rings. The van der Waals surface area contributed by atoms with Gasteiger partial charge in [-0.25, -0.2) is 0 Å². The van der Waals surface area contributed by atoms with Crippen LogP contribution < -0.4 is 0 Å². The van der Waals surface area contributed by atoms with Crippen molar-refractivity contribution in [2.75, 3.05) is 46.5 Å². The molecule has 2 fully saturated rings. The molecule has 5 nitrogen and oxygen atoms in total. The topological polar surface area (TPSA) is 53.0 Å². The van der Waals surface area contributed by atoms with Crippen molar-refractivity contribution in [3.63, 3.8) is 0 Å². The Morgan fingerprint density at radius 3 is 2.68 bits per heavy atom. The van der Waals surface area contributed by atoms with Crippen LogP contribution in [0.4, 0.5) is 0 Å². The Morgan fingerprint density at radius 1 is 1.37 bits per heavy atom. The number of nitrogens with zero attached hydrogens (tertiary/aromatic N) is 2. The predicted molar refractivity (Wildman–Crippen MR) is 72.9 cm³/mol. The van der Waals surface area contributed by atoms with Gasteiger partial charge in [0.05, 0.1) is 0 Å². The number of rotatable bonds is 6. The Kier molecular flexibility index (Phi) is 5.60. The number of aliphatic hydroxyl groups is 1.